The summed E-state index contributed by atoms with van der Waals surface area (Å²) in [5.74, 6) is 0.507. The molecule has 1 fully saturated rings. The molecule has 26 heavy (non-hydrogen) atoms. The molecule has 0 spiro atoms. The molecule has 1 aliphatic rings. The van der Waals surface area contributed by atoms with Crippen molar-refractivity contribution in [2.24, 2.45) is 0 Å². The Bertz CT molecular complexity index is 851. The number of nitrogens with zero attached hydrogens (tertiary/aromatic N) is 1. The lowest BCUT2D eigenvalue weighted by Crippen LogP contribution is -2.38. The molecule has 5 heteroatoms. The Kier molecular flexibility index (Phi) is 5.49. The standard InChI is InChI=1S/C21H21ClN2O2/c1-2-26-16-9-10-19(15(13-16)14-23)24-20(25)21(11-5-6-12-21)17-7-3-4-8-18(17)22/h3-4,7-10,13H,2,5-6,11-12H2,1H3,(H,24,25). The molecule has 1 saturated carbocycles. The van der Waals surface area contributed by atoms with E-state index >= 15 is 0 Å². The molecule has 0 saturated heterocycles. The van der Waals surface area contributed by atoms with Crippen LogP contribution in [0, 0.1) is 11.3 Å². The molecule has 0 bridgehead atoms. The van der Waals surface area contributed by atoms with E-state index in [-0.39, 0.29) is 5.91 Å². The van der Waals surface area contributed by atoms with Crippen molar-refractivity contribution in [3.63, 3.8) is 0 Å². The first-order valence-corrected chi connectivity index (χ1v) is 9.22. The highest BCUT2D eigenvalue weighted by atomic mass is 35.5. The van der Waals surface area contributed by atoms with Gasteiger partial charge in [-0.1, -0.05) is 42.6 Å². The number of hydrogen-bond donors (Lipinski definition) is 1. The monoisotopic (exact) mass is 368 g/mol. The molecule has 0 radical (unpaired) electrons. The number of hydrogen-bond acceptors (Lipinski definition) is 3. The number of benzene rings is 2. The van der Waals surface area contributed by atoms with Crippen molar-refractivity contribution < 1.29 is 9.53 Å². The fraction of sp³-hybridized carbons (Fsp3) is 0.333. The number of rotatable bonds is 5. The predicted molar refractivity (Wildman–Crippen MR) is 103 cm³/mol. The van der Waals surface area contributed by atoms with Gasteiger partial charge in [-0.15, -0.1) is 0 Å². The third-order valence-corrected chi connectivity index (χ3v) is 5.28. The van der Waals surface area contributed by atoms with Gasteiger partial charge in [0.15, 0.2) is 0 Å². The molecule has 0 aliphatic heterocycles. The molecule has 134 valence electrons. The van der Waals surface area contributed by atoms with Gasteiger partial charge in [0.2, 0.25) is 5.91 Å². The third-order valence-electron chi connectivity index (χ3n) is 4.95. The van der Waals surface area contributed by atoms with E-state index in [1.165, 1.54) is 0 Å². The summed E-state index contributed by atoms with van der Waals surface area (Å²) >= 11 is 6.41. The van der Waals surface area contributed by atoms with Gasteiger partial charge in [-0.3, -0.25) is 4.79 Å². The first kappa shape index (κ1) is 18.3. The Hall–Kier alpha value is -2.51. The van der Waals surface area contributed by atoms with Crippen LogP contribution in [0.3, 0.4) is 0 Å². The highest BCUT2D eigenvalue weighted by Crippen LogP contribution is 2.44. The lowest BCUT2D eigenvalue weighted by atomic mass is 9.78. The molecule has 0 heterocycles. The smallest absolute Gasteiger partial charge is 0.235 e. The molecular formula is C21H21ClN2O2. The molecule has 4 nitrogen and oxygen atoms in total. The fourth-order valence-corrected chi connectivity index (χ4v) is 3.99. The molecule has 0 atom stereocenters. The molecule has 1 amide bonds. The molecule has 1 N–H and O–H groups in total. The van der Waals surface area contributed by atoms with Crippen molar-refractivity contribution in [1.82, 2.24) is 0 Å². The summed E-state index contributed by atoms with van der Waals surface area (Å²) in [6, 6.07) is 14.8. The van der Waals surface area contributed by atoms with Crippen LogP contribution in [0.5, 0.6) is 5.75 Å². The van der Waals surface area contributed by atoms with Crippen LogP contribution in [-0.4, -0.2) is 12.5 Å². The summed E-state index contributed by atoms with van der Waals surface area (Å²) in [7, 11) is 0. The van der Waals surface area contributed by atoms with Crippen molar-refractivity contribution in [3.05, 3.63) is 58.6 Å². The van der Waals surface area contributed by atoms with E-state index in [0.717, 1.165) is 31.2 Å². The minimum atomic E-state index is -0.649. The van der Waals surface area contributed by atoms with E-state index in [9.17, 15) is 10.1 Å². The van der Waals surface area contributed by atoms with Gasteiger partial charge in [0.1, 0.15) is 11.8 Å². The number of amides is 1. The van der Waals surface area contributed by atoms with E-state index < -0.39 is 5.41 Å². The van der Waals surface area contributed by atoms with E-state index in [2.05, 4.69) is 11.4 Å². The van der Waals surface area contributed by atoms with Crippen LogP contribution in [0.4, 0.5) is 5.69 Å². The second kappa shape index (κ2) is 7.80. The summed E-state index contributed by atoms with van der Waals surface area (Å²) in [6.07, 6.45) is 3.46. The quantitative estimate of drug-likeness (QED) is 0.802. The van der Waals surface area contributed by atoms with E-state index in [4.69, 9.17) is 16.3 Å². The summed E-state index contributed by atoms with van der Waals surface area (Å²) in [5, 5.41) is 13.0. The van der Waals surface area contributed by atoms with Crippen LogP contribution in [0.2, 0.25) is 5.02 Å². The van der Waals surface area contributed by atoms with Crippen molar-refractivity contribution >= 4 is 23.2 Å². The summed E-state index contributed by atoms with van der Waals surface area (Å²) in [4.78, 5) is 13.3. The lowest BCUT2D eigenvalue weighted by Gasteiger charge is -2.29. The molecule has 2 aromatic rings. The Morgan fingerprint density at radius 3 is 2.65 bits per heavy atom. The normalized spacial score (nSPS) is 15.3. The van der Waals surface area contributed by atoms with Crippen LogP contribution in [0.1, 0.15) is 43.7 Å². The van der Waals surface area contributed by atoms with Gasteiger partial charge in [-0.05, 0) is 49.6 Å². The van der Waals surface area contributed by atoms with Crippen LogP contribution in [0.25, 0.3) is 0 Å². The van der Waals surface area contributed by atoms with Gasteiger partial charge in [0.05, 0.1) is 23.3 Å². The Balaban J connectivity index is 1.93. The van der Waals surface area contributed by atoms with Gasteiger partial charge in [0, 0.05) is 5.02 Å². The van der Waals surface area contributed by atoms with Crippen LogP contribution in [0.15, 0.2) is 42.5 Å². The van der Waals surface area contributed by atoms with Crippen molar-refractivity contribution in [1.29, 1.82) is 5.26 Å². The minimum Gasteiger partial charge on any atom is -0.494 e. The first-order chi connectivity index (χ1) is 12.6. The second-order valence-corrected chi connectivity index (χ2v) is 6.88. The van der Waals surface area contributed by atoms with Crippen LogP contribution < -0.4 is 10.1 Å². The molecule has 0 unspecified atom stereocenters. The summed E-state index contributed by atoms with van der Waals surface area (Å²) in [5.41, 5.74) is 1.10. The Labute approximate surface area is 158 Å². The molecule has 0 aromatic heterocycles. The van der Waals surface area contributed by atoms with Gasteiger partial charge >= 0.3 is 0 Å². The average Bonchev–Trinajstić information content (AvgIpc) is 3.14. The lowest BCUT2D eigenvalue weighted by molar-refractivity contribution is -0.121. The van der Waals surface area contributed by atoms with E-state index in [0.29, 0.717) is 28.6 Å². The molecule has 1 aliphatic carbocycles. The number of halogens is 1. The molecule has 3 rings (SSSR count). The van der Waals surface area contributed by atoms with E-state index in [1.807, 2.05) is 31.2 Å². The summed E-state index contributed by atoms with van der Waals surface area (Å²) < 4.78 is 5.43. The Morgan fingerprint density at radius 2 is 2.00 bits per heavy atom. The average molecular weight is 369 g/mol. The first-order valence-electron chi connectivity index (χ1n) is 8.84. The zero-order valence-corrected chi connectivity index (χ0v) is 15.5. The largest absolute Gasteiger partial charge is 0.494 e. The van der Waals surface area contributed by atoms with Crippen LogP contribution in [-0.2, 0) is 10.2 Å². The second-order valence-electron chi connectivity index (χ2n) is 6.48. The molecular weight excluding hydrogens is 348 g/mol. The summed E-state index contributed by atoms with van der Waals surface area (Å²) in [6.45, 7) is 2.40. The fourth-order valence-electron chi connectivity index (χ4n) is 3.67. The SMILES string of the molecule is CCOc1ccc(NC(=O)C2(c3ccccc3Cl)CCCC2)c(C#N)c1. The number of carbonyl (C=O) groups excluding carboxylic acids is 1. The maximum atomic E-state index is 13.3. The van der Waals surface area contributed by atoms with Crippen LogP contribution >= 0.6 is 11.6 Å². The maximum absolute atomic E-state index is 13.3. The van der Waals surface area contributed by atoms with Crippen molar-refractivity contribution in [2.75, 3.05) is 11.9 Å². The van der Waals surface area contributed by atoms with Gasteiger partial charge in [-0.25, -0.2) is 0 Å². The highest BCUT2D eigenvalue weighted by Gasteiger charge is 2.44. The third kappa shape index (κ3) is 3.40. The van der Waals surface area contributed by atoms with E-state index in [1.54, 1.807) is 18.2 Å². The van der Waals surface area contributed by atoms with Gasteiger partial charge in [-0.2, -0.15) is 5.26 Å². The Morgan fingerprint density at radius 1 is 1.27 bits per heavy atom. The maximum Gasteiger partial charge on any atom is 0.235 e. The minimum absolute atomic E-state index is 0.108. The topological polar surface area (TPSA) is 62.1 Å². The molecule has 2 aromatic carbocycles. The van der Waals surface area contributed by atoms with Gasteiger partial charge < -0.3 is 10.1 Å². The number of ether oxygens (including phenoxy) is 1. The predicted octanol–water partition coefficient (Wildman–Crippen LogP) is 5.06. The van der Waals surface area contributed by atoms with Crippen molar-refractivity contribution in [2.45, 2.75) is 38.0 Å². The number of nitrogens with one attached hydrogen (secondary N) is 1. The zero-order valence-electron chi connectivity index (χ0n) is 14.7. The number of anilines is 1. The van der Waals surface area contributed by atoms with Gasteiger partial charge in [0.25, 0.3) is 0 Å². The zero-order chi connectivity index (χ0) is 18.6. The van der Waals surface area contributed by atoms with Crippen molar-refractivity contribution in [3.8, 4) is 11.8 Å². The number of nitriles is 1. The highest BCUT2D eigenvalue weighted by molar-refractivity contribution is 6.31. The number of carbonyl (C=O) groups is 1.